The largest absolute Gasteiger partial charge is 0.466 e. The molecule has 1 N–H and O–H groups in total. The Kier molecular flexibility index (Phi) is 3.15. The molecule has 3 amide bonds. The van der Waals surface area contributed by atoms with Gasteiger partial charge in [-0.1, -0.05) is 6.07 Å². The Bertz CT molecular complexity index is 1030. The normalized spacial score (nSPS) is 20.1. The highest BCUT2D eigenvalue weighted by Crippen LogP contribution is 2.31. The minimum Gasteiger partial charge on any atom is -0.466 e. The molecule has 1 aliphatic rings. The number of nitrogens with zero attached hydrogens (tertiary/aromatic N) is 3. The Balaban J connectivity index is 1.71. The van der Waals surface area contributed by atoms with E-state index in [1.54, 1.807) is 29.7 Å². The molecule has 4 heterocycles. The Morgan fingerprint density at radius 3 is 2.84 bits per heavy atom. The number of imide groups is 1. The minimum absolute atomic E-state index is 0.0194. The van der Waals surface area contributed by atoms with Crippen molar-refractivity contribution in [1.29, 1.82) is 5.26 Å². The third-order valence-electron chi connectivity index (χ3n) is 4.49. The molecule has 4 rings (SSSR count). The number of nitriles is 1. The van der Waals surface area contributed by atoms with E-state index in [0.29, 0.717) is 16.9 Å². The predicted octanol–water partition coefficient (Wildman–Crippen LogP) is 2.37. The number of furan rings is 1. The van der Waals surface area contributed by atoms with E-state index >= 15 is 0 Å². The topological polar surface area (TPSA) is 90.8 Å². The third-order valence-corrected chi connectivity index (χ3v) is 4.49. The van der Waals surface area contributed by atoms with Crippen molar-refractivity contribution in [1.82, 2.24) is 14.6 Å². The van der Waals surface area contributed by atoms with Crippen molar-refractivity contribution < 1.29 is 14.0 Å². The summed E-state index contributed by atoms with van der Waals surface area (Å²) in [5, 5.41) is 12.2. The summed E-state index contributed by atoms with van der Waals surface area (Å²) in [6.45, 7) is 1.62. The molecule has 25 heavy (non-hydrogen) atoms. The third kappa shape index (κ3) is 2.11. The summed E-state index contributed by atoms with van der Waals surface area (Å²) in [4.78, 5) is 26.3. The van der Waals surface area contributed by atoms with Crippen LogP contribution in [0.1, 0.15) is 23.8 Å². The summed E-state index contributed by atoms with van der Waals surface area (Å²) in [6, 6.07) is 10.5. The van der Waals surface area contributed by atoms with Crippen molar-refractivity contribution in [3.63, 3.8) is 0 Å². The highest BCUT2D eigenvalue weighted by Gasteiger charge is 2.51. The van der Waals surface area contributed by atoms with Crippen molar-refractivity contribution in [3.05, 3.63) is 65.9 Å². The molecule has 3 aromatic heterocycles. The first-order valence-electron chi connectivity index (χ1n) is 7.71. The van der Waals surface area contributed by atoms with Crippen LogP contribution in [0, 0.1) is 11.3 Å². The minimum atomic E-state index is -1.24. The molecule has 0 aliphatic carbocycles. The molecule has 0 spiro atoms. The van der Waals surface area contributed by atoms with Gasteiger partial charge < -0.3 is 14.1 Å². The standard InChI is InChI=1S/C18H14N4O3/c1-18(15-6-4-8-25-15)16(23)22(17(24)20-18)11-12-10-21-7-3-2-5-14(21)13(12)9-19/h2-8,10H,11H2,1H3,(H,20,24). The van der Waals surface area contributed by atoms with E-state index in [4.69, 9.17) is 4.42 Å². The zero-order chi connectivity index (χ0) is 17.6. The molecule has 7 nitrogen and oxygen atoms in total. The number of urea groups is 1. The van der Waals surface area contributed by atoms with Crippen LogP contribution < -0.4 is 5.32 Å². The average Bonchev–Trinajstić information content (AvgIpc) is 3.30. The molecule has 1 atom stereocenters. The van der Waals surface area contributed by atoms with Crippen LogP contribution in [0.15, 0.2) is 53.4 Å². The Morgan fingerprint density at radius 2 is 2.12 bits per heavy atom. The van der Waals surface area contributed by atoms with Gasteiger partial charge in [0.1, 0.15) is 11.8 Å². The molecule has 0 aromatic carbocycles. The molecular formula is C18H14N4O3. The zero-order valence-electron chi connectivity index (χ0n) is 13.4. The van der Waals surface area contributed by atoms with Crippen molar-refractivity contribution in [3.8, 4) is 6.07 Å². The van der Waals surface area contributed by atoms with Gasteiger partial charge in [-0.2, -0.15) is 5.26 Å². The fourth-order valence-electron chi connectivity index (χ4n) is 3.17. The van der Waals surface area contributed by atoms with Crippen LogP contribution in [0.25, 0.3) is 5.52 Å². The molecule has 0 saturated carbocycles. The second kappa shape index (κ2) is 5.24. The molecule has 124 valence electrons. The number of carbonyl (C=O) groups excluding carboxylic acids is 2. The van der Waals surface area contributed by atoms with E-state index in [1.165, 1.54) is 6.26 Å². The fourth-order valence-corrected chi connectivity index (χ4v) is 3.17. The van der Waals surface area contributed by atoms with Crippen molar-refractivity contribution in [2.75, 3.05) is 0 Å². The van der Waals surface area contributed by atoms with Gasteiger partial charge in [-0.05, 0) is 31.2 Å². The maximum absolute atomic E-state index is 12.8. The number of hydrogen-bond donors (Lipinski definition) is 1. The molecule has 1 aliphatic heterocycles. The Hall–Kier alpha value is -3.53. The highest BCUT2D eigenvalue weighted by atomic mass is 16.3. The highest BCUT2D eigenvalue weighted by molar-refractivity contribution is 6.06. The maximum Gasteiger partial charge on any atom is 0.325 e. The van der Waals surface area contributed by atoms with Crippen molar-refractivity contribution in [2.24, 2.45) is 0 Å². The summed E-state index contributed by atoms with van der Waals surface area (Å²) in [5.41, 5.74) is 0.557. The summed E-state index contributed by atoms with van der Waals surface area (Å²) in [7, 11) is 0. The van der Waals surface area contributed by atoms with E-state index in [-0.39, 0.29) is 6.54 Å². The van der Waals surface area contributed by atoms with Gasteiger partial charge in [-0.15, -0.1) is 0 Å². The van der Waals surface area contributed by atoms with E-state index in [2.05, 4.69) is 11.4 Å². The number of carbonyl (C=O) groups is 2. The van der Waals surface area contributed by atoms with Gasteiger partial charge >= 0.3 is 6.03 Å². The number of fused-ring (bicyclic) bond motifs is 1. The van der Waals surface area contributed by atoms with Gasteiger partial charge in [0.25, 0.3) is 5.91 Å². The lowest BCUT2D eigenvalue weighted by Crippen LogP contribution is -2.40. The van der Waals surface area contributed by atoms with Crippen LogP contribution in [0.4, 0.5) is 4.79 Å². The number of nitrogens with one attached hydrogen (secondary N) is 1. The van der Waals surface area contributed by atoms with Gasteiger partial charge in [-0.25, -0.2) is 4.79 Å². The van der Waals surface area contributed by atoms with Crippen molar-refractivity contribution >= 4 is 17.5 Å². The number of pyridine rings is 1. The fraction of sp³-hybridized carbons (Fsp3) is 0.167. The second-order valence-corrected chi connectivity index (χ2v) is 6.06. The van der Waals surface area contributed by atoms with Gasteiger partial charge in [0, 0.05) is 18.0 Å². The quantitative estimate of drug-likeness (QED) is 0.745. The van der Waals surface area contributed by atoms with Crippen LogP contribution in [0.3, 0.4) is 0 Å². The smallest absolute Gasteiger partial charge is 0.325 e. The van der Waals surface area contributed by atoms with Crippen LogP contribution in [-0.4, -0.2) is 21.2 Å². The van der Waals surface area contributed by atoms with Crippen LogP contribution in [-0.2, 0) is 16.9 Å². The van der Waals surface area contributed by atoms with E-state index in [0.717, 1.165) is 10.4 Å². The number of aromatic nitrogens is 1. The maximum atomic E-state index is 12.8. The van der Waals surface area contributed by atoms with E-state index < -0.39 is 17.5 Å². The first kappa shape index (κ1) is 15.0. The molecule has 7 heteroatoms. The molecular weight excluding hydrogens is 320 g/mol. The summed E-state index contributed by atoms with van der Waals surface area (Å²) >= 11 is 0. The van der Waals surface area contributed by atoms with Gasteiger partial charge in [0.05, 0.1) is 23.9 Å². The summed E-state index contributed by atoms with van der Waals surface area (Å²) < 4.78 is 7.12. The summed E-state index contributed by atoms with van der Waals surface area (Å²) in [6.07, 6.45) is 5.03. The zero-order valence-corrected chi connectivity index (χ0v) is 13.4. The number of rotatable bonds is 3. The number of amides is 3. The van der Waals surface area contributed by atoms with Crippen molar-refractivity contribution in [2.45, 2.75) is 19.0 Å². The van der Waals surface area contributed by atoms with Crippen LogP contribution >= 0.6 is 0 Å². The van der Waals surface area contributed by atoms with E-state index in [1.807, 2.05) is 24.4 Å². The van der Waals surface area contributed by atoms with Crippen LogP contribution in [0.5, 0.6) is 0 Å². The molecule has 1 unspecified atom stereocenters. The SMILES string of the molecule is CC1(c2ccco2)NC(=O)N(Cc2cn3ccccc3c2C#N)C1=O. The molecule has 0 bridgehead atoms. The molecule has 1 saturated heterocycles. The Labute approximate surface area is 143 Å². The average molecular weight is 334 g/mol. The lowest BCUT2D eigenvalue weighted by Gasteiger charge is -2.18. The van der Waals surface area contributed by atoms with Gasteiger partial charge in [-0.3, -0.25) is 9.69 Å². The monoisotopic (exact) mass is 334 g/mol. The molecule has 1 fully saturated rings. The second-order valence-electron chi connectivity index (χ2n) is 6.06. The lowest BCUT2D eigenvalue weighted by atomic mass is 9.99. The predicted molar refractivity (Wildman–Crippen MR) is 87.3 cm³/mol. The van der Waals surface area contributed by atoms with Crippen LogP contribution in [0.2, 0.25) is 0 Å². The lowest BCUT2D eigenvalue weighted by molar-refractivity contribution is -0.132. The first-order chi connectivity index (χ1) is 12.0. The first-order valence-corrected chi connectivity index (χ1v) is 7.71. The molecule has 0 radical (unpaired) electrons. The Morgan fingerprint density at radius 1 is 1.28 bits per heavy atom. The molecule has 3 aromatic rings. The van der Waals surface area contributed by atoms with Gasteiger partial charge in [0.15, 0.2) is 5.54 Å². The number of hydrogen-bond acceptors (Lipinski definition) is 4. The summed E-state index contributed by atoms with van der Waals surface area (Å²) in [5.74, 6) is -0.0394. The van der Waals surface area contributed by atoms with Gasteiger partial charge in [0.2, 0.25) is 0 Å². The van der Waals surface area contributed by atoms with E-state index in [9.17, 15) is 14.9 Å².